The standard InChI is InChI=1S/C16H14Cl2N2O2/c1-2-14(10-7-8-12(17)13(18)9-10)19-20-16(22)11-5-3-4-6-15(11)21/h3-9,21H,2H2,1H3,(H,20,22)/b19-14+. The van der Waals surface area contributed by atoms with E-state index in [2.05, 4.69) is 10.5 Å². The van der Waals surface area contributed by atoms with Crippen molar-refractivity contribution in [2.75, 3.05) is 0 Å². The largest absolute Gasteiger partial charge is 0.507 e. The minimum Gasteiger partial charge on any atom is -0.507 e. The van der Waals surface area contributed by atoms with Gasteiger partial charge in [-0.1, -0.05) is 48.3 Å². The Morgan fingerprint density at radius 3 is 2.55 bits per heavy atom. The van der Waals surface area contributed by atoms with Crippen molar-refractivity contribution in [3.63, 3.8) is 0 Å². The number of hydrogen-bond donors (Lipinski definition) is 2. The van der Waals surface area contributed by atoms with Crippen molar-refractivity contribution >= 4 is 34.8 Å². The van der Waals surface area contributed by atoms with E-state index in [1.54, 1.807) is 30.3 Å². The van der Waals surface area contributed by atoms with Crippen molar-refractivity contribution in [1.82, 2.24) is 5.43 Å². The molecular weight excluding hydrogens is 323 g/mol. The summed E-state index contributed by atoms with van der Waals surface area (Å²) < 4.78 is 0. The quantitative estimate of drug-likeness (QED) is 0.647. The molecule has 0 saturated carbocycles. The summed E-state index contributed by atoms with van der Waals surface area (Å²) in [5, 5.41) is 14.6. The molecule has 0 saturated heterocycles. The number of aromatic hydroxyl groups is 1. The third kappa shape index (κ3) is 3.78. The Hall–Kier alpha value is -2.04. The molecule has 0 atom stereocenters. The molecule has 0 bridgehead atoms. The van der Waals surface area contributed by atoms with Crippen LogP contribution in [-0.4, -0.2) is 16.7 Å². The molecule has 0 aliphatic carbocycles. The molecule has 22 heavy (non-hydrogen) atoms. The van der Waals surface area contributed by atoms with Gasteiger partial charge in [0, 0.05) is 0 Å². The minimum absolute atomic E-state index is 0.0946. The lowest BCUT2D eigenvalue weighted by atomic mass is 10.1. The Kier molecular flexibility index (Phi) is 5.41. The van der Waals surface area contributed by atoms with Crippen LogP contribution >= 0.6 is 23.2 Å². The number of nitrogens with zero attached hydrogens (tertiary/aromatic N) is 1. The van der Waals surface area contributed by atoms with E-state index in [-0.39, 0.29) is 11.3 Å². The van der Waals surface area contributed by atoms with Crippen LogP contribution in [0.1, 0.15) is 29.3 Å². The zero-order valence-electron chi connectivity index (χ0n) is 11.8. The average Bonchev–Trinajstić information content (AvgIpc) is 2.51. The Bertz CT molecular complexity index is 730. The number of halogens is 2. The predicted molar refractivity (Wildman–Crippen MR) is 88.9 cm³/mol. The molecule has 0 unspecified atom stereocenters. The molecule has 1 amide bonds. The number of carbonyl (C=O) groups excluding carboxylic acids is 1. The summed E-state index contributed by atoms with van der Waals surface area (Å²) in [5.74, 6) is -0.577. The van der Waals surface area contributed by atoms with Gasteiger partial charge in [-0.05, 0) is 36.2 Å². The fourth-order valence-electron chi connectivity index (χ4n) is 1.87. The Morgan fingerprint density at radius 1 is 1.18 bits per heavy atom. The highest BCUT2D eigenvalue weighted by atomic mass is 35.5. The summed E-state index contributed by atoms with van der Waals surface area (Å²) in [5.41, 5.74) is 4.03. The van der Waals surface area contributed by atoms with E-state index in [1.807, 2.05) is 6.92 Å². The van der Waals surface area contributed by atoms with Crippen molar-refractivity contribution in [1.29, 1.82) is 0 Å². The van der Waals surface area contributed by atoms with E-state index >= 15 is 0 Å². The van der Waals surface area contributed by atoms with Gasteiger partial charge in [0.1, 0.15) is 5.75 Å². The highest BCUT2D eigenvalue weighted by molar-refractivity contribution is 6.42. The highest BCUT2D eigenvalue weighted by Crippen LogP contribution is 2.23. The first-order valence-corrected chi connectivity index (χ1v) is 7.38. The van der Waals surface area contributed by atoms with Crippen LogP contribution in [0.3, 0.4) is 0 Å². The number of phenols is 1. The Labute approximate surface area is 138 Å². The van der Waals surface area contributed by atoms with Crippen molar-refractivity contribution < 1.29 is 9.90 Å². The summed E-state index contributed by atoms with van der Waals surface area (Å²) >= 11 is 11.9. The zero-order valence-corrected chi connectivity index (χ0v) is 13.3. The summed E-state index contributed by atoms with van der Waals surface area (Å²) in [7, 11) is 0. The molecule has 4 nitrogen and oxygen atoms in total. The summed E-state index contributed by atoms with van der Waals surface area (Å²) in [4.78, 5) is 12.0. The maximum absolute atomic E-state index is 12.0. The van der Waals surface area contributed by atoms with Crippen molar-refractivity contribution in [2.24, 2.45) is 5.10 Å². The van der Waals surface area contributed by atoms with Crippen LogP contribution in [0.2, 0.25) is 10.0 Å². The van der Waals surface area contributed by atoms with Crippen LogP contribution in [0.4, 0.5) is 0 Å². The average molecular weight is 337 g/mol. The van der Waals surface area contributed by atoms with Gasteiger partial charge < -0.3 is 5.11 Å². The van der Waals surface area contributed by atoms with Gasteiger partial charge >= 0.3 is 0 Å². The molecule has 0 fully saturated rings. The van der Waals surface area contributed by atoms with Crippen molar-refractivity contribution in [2.45, 2.75) is 13.3 Å². The van der Waals surface area contributed by atoms with E-state index in [9.17, 15) is 9.90 Å². The number of para-hydroxylation sites is 1. The van der Waals surface area contributed by atoms with Crippen LogP contribution in [0, 0.1) is 0 Å². The molecule has 0 aliphatic rings. The Balaban J connectivity index is 2.21. The first-order valence-electron chi connectivity index (χ1n) is 6.63. The molecule has 2 rings (SSSR count). The molecule has 6 heteroatoms. The topological polar surface area (TPSA) is 61.7 Å². The van der Waals surface area contributed by atoms with E-state index < -0.39 is 5.91 Å². The normalized spacial score (nSPS) is 11.3. The SMILES string of the molecule is CC/C(=N\NC(=O)c1ccccc1O)c1ccc(Cl)c(Cl)c1. The molecule has 0 aromatic heterocycles. The first kappa shape index (κ1) is 16.3. The lowest BCUT2D eigenvalue weighted by Gasteiger charge is -2.07. The van der Waals surface area contributed by atoms with Gasteiger partial charge in [0.05, 0.1) is 21.3 Å². The lowest BCUT2D eigenvalue weighted by molar-refractivity contribution is 0.0952. The third-order valence-corrected chi connectivity index (χ3v) is 3.77. The number of hydrogen-bond acceptors (Lipinski definition) is 3. The van der Waals surface area contributed by atoms with E-state index in [4.69, 9.17) is 23.2 Å². The first-order chi connectivity index (χ1) is 10.5. The molecule has 2 N–H and O–H groups in total. The molecule has 114 valence electrons. The second-order valence-corrected chi connectivity index (χ2v) is 5.31. The monoisotopic (exact) mass is 336 g/mol. The highest BCUT2D eigenvalue weighted by Gasteiger charge is 2.10. The Morgan fingerprint density at radius 2 is 1.91 bits per heavy atom. The molecule has 0 aliphatic heterocycles. The van der Waals surface area contributed by atoms with Gasteiger partial charge in [-0.3, -0.25) is 4.79 Å². The zero-order chi connectivity index (χ0) is 16.1. The second-order valence-electron chi connectivity index (χ2n) is 4.50. The van der Waals surface area contributed by atoms with Crippen LogP contribution in [0.25, 0.3) is 0 Å². The van der Waals surface area contributed by atoms with Gasteiger partial charge in [-0.25, -0.2) is 5.43 Å². The second kappa shape index (κ2) is 7.29. The number of hydrazone groups is 1. The number of rotatable bonds is 4. The fourth-order valence-corrected chi connectivity index (χ4v) is 2.17. The summed E-state index contributed by atoms with van der Waals surface area (Å²) in [6.07, 6.45) is 0.596. The number of phenolic OH excluding ortho intramolecular Hbond substituents is 1. The summed E-state index contributed by atoms with van der Waals surface area (Å²) in [6.45, 7) is 1.91. The van der Waals surface area contributed by atoms with Crippen LogP contribution < -0.4 is 5.43 Å². The smallest absolute Gasteiger partial charge is 0.275 e. The third-order valence-electron chi connectivity index (χ3n) is 3.03. The van der Waals surface area contributed by atoms with Crippen LogP contribution in [0.5, 0.6) is 5.75 Å². The van der Waals surface area contributed by atoms with Gasteiger partial charge in [0.2, 0.25) is 0 Å². The van der Waals surface area contributed by atoms with Crippen LogP contribution in [0.15, 0.2) is 47.6 Å². The van der Waals surface area contributed by atoms with Gasteiger partial charge in [0.25, 0.3) is 5.91 Å². The van der Waals surface area contributed by atoms with Crippen LogP contribution in [-0.2, 0) is 0 Å². The minimum atomic E-state index is -0.482. The molecule has 2 aromatic carbocycles. The van der Waals surface area contributed by atoms with Gasteiger partial charge in [-0.2, -0.15) is 5.10 Å². The van der Waals surface area contributed by atoms with E-state index in [1.165, 1.54) is 12.1 Å². The number of nitrogens with one attached hydrogen (secondary N) is 1. The maximum atomic E-state index is 12.0. The van der Waals surface area contributed by atoms with E-state index in [0.717, 1.165) is 5.56 Å². The maximum Gasteiger partial charge on any atom is 0.275 e. The fraction of sp³-hybridized carbons (Fsp3) is 0.125. The van der Waals surface area contributed by atoms with E-state index in [0.29, 0.717) is 22.2 Å². The predicted octanol–water partition coefficient (Wildman–Crippen LogP) is 4.24. The molecule has 0 radical (unpaired) electrons. The number of carbonyl (C=O) groups is 1. The molecule has 0 spiro atoms. The molecule has 2 aromatic rings. The summed E-state index contributed by atoms with van der Waals surface area (Å²) in [6, 6.07) is 11.4. The number of amides is 1. The molecular formula is C16H14Cl2N2O2. The lowest BCUT2D eigenvalue weighted by Crippen LogP contribution is -2.20. The van der Waals surface area contributed by atoms with Gasteiger partial charge in [-0.15, -0.1) is 0 Å². The van der Waals surface area contributed by atoms with Crippen molar-refractivity contribution in [3.05, 3.63) is 63.6 Å². The van der Waals surface area contributed by atoms with Crippen molar-refractivity contribution in [3.8, 4) is 5.75 Å². The molecule has 0 heterocycles. The van der Waals surface area contributed by atoms with Gasteiger partial charge in [0.15, 0.2) is 0 Å². The number of benzene rings is 2.